The number of allylic oxidation sites excluding steroid dienone is 2. The molecule has 0 radical (unpaired) electrons. The number of rotatable bonds is 13. The molecule has 0 aliphatic heterocycles. The van der Waals surface area contributed by atoms with Crippen LogP contribution in [0.1, 0.15) is 81.4 Å². The van der Waals surface area contributed by atoms with E-state index in [1.807, 2.05) is 26.0 Å². The molecule has 1 aromatic heterocycles. The Balaban J connectivity index is 1.35. The van der Waals surface area contributed by atoms with Gasteiger partial charge in [0.05, 0.1) is 0 Å². The molecule has 1 unspecified atom stereocenters. The van der Waals surface area contributed by atoms with E-state index in [1.54, 1.807) is 36.0 Å². The zero-order chi connectivity index (χ0) is 27.7. The average Bonchev–Trinajstić information content (AvgIpc) is 3.76. The van der Waals surface area contributed by atoms with Crippen molar-refractivity contribution in [2.75, 3.05) is 5.32 Å². The van der Waals surface area contributed by atoms with Crippen molar-refractivity contribution in [2.24, 2.45) is 23.7 Å². The smallest absolute Gasteiger partial charge is 0.270 e. The highest BCUT2D eigenvalue weighted by Crippen LogP contribution is 2.51. The Hall–Kier alpha value is -3.14. The molecule has 3 aliphatic carbocycles. The number of benzene rings is 1. The van der Waals surface area contributed by atoms with Crippen LogP contribution in [0.15, 0.2) is 42.2 Å². The van der Waals surface area contributed by atoms with Gasteiger partial charge in [0.2, 0.25) is 5.91 Å². The highest BCUT2D eigenvalue weighted by molar-refractivity contribution is 7.92. The van der Waals surface area contributed by atoms with Gasteiger partial charge in [0.25, 0.3) is 5.91 Å². The second-order valence-electron chi connectivity index (χ2n) is 11.4. The standard InChI is InChI=1S/C29H37FN6O2S/c1-16(2)36-23(14-15-32-36)28(37)34-27(25(19-4-5-19)20-6-7-20)29(38)33-22-12-10-18(11-13-22)24(17(3)35-39-30)26(31)21-8-9-21/h10-16,19-21,25,27,31,35H,4-9H2,1-3H3,(H,33,38)(H,34,37)/b24-17-,31-26?. The van der Waals surface area contributed by atoms with Gasteiger partial charge >= 0.3 is 0 Å². The maximum atomic E-state index is 13.7. The molecule has 0 spiro atoms. The van der Waals surface area contributed by atoms with E-state index in [4.69, 9.17) is 5.41 Å². The summed E-state index contributed by atoms with van der Waals surface area (Å²) in [6.45, 7) is 5.70. The van der Waals surface area contributed by atoms with Crippen LogP contribution in [-0.2, 0) is 4.79 Å². The van der Waals surface area contributed by atoms with Crippen molar-refractivity contribution in [3.8, 4) is 0 Å². The van der Waals surface area contributed by atoms with Gasteiger partial charge in [-0.1, -0.05) is 12.1 Å². The lowest BCUT2D eigenvalue weighted by Crippen LogP contribution is -2.50. The second-order valence-corrected chi connectivity index (χ2v) is 11.8. The number of carbonyl (C=O) groups is 2. The van der Waals surface area contributed by atoms with Gasteiger partial charge in [0.1, 0.15) is 11.7 Å². The van der Waals surface area contributed by atoms with Gasteiger partial charge in [-0.2, -0.15) is 5.10 Å². The molecule has 4 N–H and O–H groups in total. The maximum Gasteiger partial charge on any atom is 0.270 e. The van der Waals surface area contributed by atoms with Crippen LogP contribution in [0, 0.1) is 29.1 Å². The number of halogens is 1. The molecule has 1 aromatic carbocycles. The molecule has 5 rings (SSSR count). The summed E-state index contributed by atoms with van der Waals surface area (Å²) >= 11 is 0.0189. The predicted octanol–water partition coefficient (Wildman–Crippen LogP) is 5.92. The molecule has 2 amide bonds. The summed E-state index contributed by atoms with van der Waals surface area (Å²) in [5, 5.41) is 19.0. The molecule has 0 bridgehead atoms. The Kier molecular flexibility index (Phi) is 8.11. The fourth-order valence-electron chi connectivity index (χ4n) is 5.55. The SMILES string of the molecule is C/C(NSF)=C(/C(=N)C1CC1)c1ccc(NC(=O)C(NC(=O)c2ccnn2C(C)C)C(C2CC2)C2CC2)cc1. The van der Waals surface area contributed by atoms with Gasteiger partial charge in [-0.05, 0) is 101 Å². The summed E-state index contributed by atoms with van der Waals surface area (Å²) in [6.07, 6.45) is 7.91. The molecular weight excluding hydrogens is 515 g/mol. The quantitative estimate of drug-likeness (QED) is 0.182. The summed E-state index contributed by atoms with van der Waals surface area (Å²) in [5.74, 6) is 0.726. The van der Waals surface area contributed by atoms with Crippen molar-refractivity contribution < 1.29 is 13.5 Å². The van der Waals surface area contributed by atoms with Crippen LogP contribution in [0.25, 0.3) is 5.57 Å². The molecule has 39 heavy (non-hydrogen) atoms. The summed E-state index contributed by atoms with van der Waals surface area (Å²) in [4.78, 5) is 27.1. The van der Waals surface area contributed by atoms with Gasteiger partial charge in [0, 0.05) is 40.8 Å². The molecule has 10 heteroatoms. The number of aromatic nitrogens is 2. The molecule has 0 saturated heterocycles. The van der Waals surface area contributed by atoms with Crippen molar-refractivity contribution in [2.45, 2.75) is 71.4 Å². The minimum atomic E-state index is -0.640. The minimum absolute atomic E-state index is 0.0189. The fraction of sp³-hybridized carbons (Fsp3) is 0.517. The van der Waals surface area contributed by atoms with E-state index in [-0.39, 0.29) is 42.0 Å². The molecule has 3 aliphatic rings. The molecule has 1 atom stereocenters. The van der Waals surface area contributed by atoms with Gasteiger partial charge in [-0.15, -0.1) is 3.89 Å². The summed E-state index contributed by atoms with van der Waals surface area (Å²) in [5.41, 5.74) is 3.65. The van der Waals surface area contributed by atoms with Gasteiger partial charge < -0.3 is 20.8 Å². The van der Waals surface area contributed by atoms with Crippen LogP contribution in [0.5, 0.6) is 0 Å². The van der Waals surface area contributed by atoms with Crippen molar-refractivity contribution in [3.63, 3.8) is 0 Å². The molecule has 3 fully saturated rings. The van der Waals surface area contributed by atoms with Crippen molar-refractivity contribution in [1.29, 1.82) is 5.41 Å². The van der Waals surface area contributed by atoms with Crippen LogP contribution in [-0.4, -0.2) is 33.3 Å². The van der Waals surface area contributed by atoms with E-state index in [1.165, 1.54) is 0 Å². The lowest BCUT2D eigenvalue weighted by atomic mass is 9.88. The molecule has 208 valence electrons. The average molecular weight is 553 g/mol. The van der Waals surface area contributed by atoms with E-state index in [0.29, 0.717) is 40.2 Å². The maximum absolute atomic E-state index is 13.7. The Morgan fingerprint density at radius 2 is 1.69 bits per heavy atom. The normalized spacial score (nSPS) is 18.5. The first-order chi connectivity index (χ1) is 18.8. The number of carbonyl (C=O) groups excluding carboxylic acids is 2. The highest BCUT2D eigenvalue weighted by Gasteiger charge is 2.48. The second kappa shape index (κ2) is 11.5. The number of nitrogens with one attached hydrogen (secondary N) is 4. The first-order valence-electron chi connectivity index (χ1n) is 13.9. The molecule has 8 nitrogen and oxygen atoms in total. The number of hydrogen-bond donors (Lipinski definition) is 4. The zero-order valence-corrected chi connectivity index (χ0v) is 23.5. The Labute approximate surface area is 233 Å². The number of anilines is 1. The van der Waals surface area contributed by atoms with E-state index in [9.17, 15) is 13.5 Å². The van der Waals surface area contributed by atoms with Crippen molar-refractivity contribution in [1.82, 2.24) is 19.8 Å². The van der Waals surface area contributed by atoms with Crippen LogP contribution < -0.4 is 15.4 Å². The van der Waals surface area contributed by atoms with E-state index in [0.717, 1.165) is 44.1 Å². The Morgan fingerprint density at radius 1 is 1.05 bits per heavy atom. The van der Waals surface area contributed by atoms with Crippen LogP contribution in [0.2, 0.25) is 0 Å². The number of nitrogens with zero attached hydrogens (tertiary/aromatic N) is 2. The number of hydrogen-bond acceptors (Lipinski definition) is 6. The Bertz CT molecular complexity index is 1250. The van der Waals surface area contributed by atoms with Crippen molar-refractivity contribution >= 4 is 41.1 Å². The van der Waals surface area contributed by atoms with Crippen LogP contribution in [0.4, 0.5) is 9.57 Å². The Morgan fingerprint density at radius 3 is 2.23 bits per heavy atom. The lowest BCUT2D eigenvalue weighted by molar-refractivity contribution is -0.119. The minimum Gasteiger partial charge on any atom is -0.339 e. The van der Waals surface area contributed by atoms with Crippen LogP contribution in [0.3, 0.4) is 0 Å². The highest BCUT2D eigenvalue weighted by atomic mass is 32.2. The van der Waals surface area contributed by atoms with E-state index in [2.05, 4.69) is 20.5 Å². The lowest BCUT2D eigenvalue weighted by Gasteiger charge is -2.28. The van der Waals surface area contributed by atoms with Crippen molar-refractivity contribution in [3.05, 3.63) is 53.5 Å². The molecule has 3 saturated carbocycles. The van der Waals surface area contributed by atoms with Gasteiger partial charge in [-0.25, -0.2) is 0 Å². The van der Waals surface area contributed by atoms with E-state index < -0.39 is 6.04 Å². The zero-order valence-electron chi connectivity index (χ0n) is 22.7. The molecule has 2 aromatic rings. The first-order valence-corrected chi connectivity index (χ1v) is 14.6. The summed E-state index contributed by atoms with van der Waals surface area (Å²) in [7, 11) is 0. The predicted molar refractivity (Wildman–Crippen MR) is 153 cm³/mol. The van der Waals surface area contributed by atoms with Gasteiger partial charge in [0.15, 0.2) is 12.3 Å². The molecule has 1 heterocycles. The summed E-state index contributed by atoms with van der Waals surface area (Å²) in [6, 6.07) is 8.39. The third kappa shape index (κ3) is 6.37. The van der Waals surface area contributed by atoms with E-state index >= 15 is 0 Å². The largest absolute Gasteiger partial charge is 0.339 e. The third-order valence-electron chi connectivity index (χ3n) is 7.94. The summed E-state index contributed by atoms with van der Waals surface area (Å²) < 4.78 is 17.2. The molecular formula is C29H37FN6O2S. The third-order valence-corrected chi connectivity index (χ3v) is 8.32. The first kappa shape index (κ1) is 27.4. The fourth-order valence-corrected chi connectivity index (χ4v) is 5.77. The van der Waals surface area contributed by atoms with Gasteiger partial charge in [-0.3, -0.25) is 14.3 Å². The monoisotopic (exact) mass is 552 g/mol. The topological polar surface area (TPSA) is 112 Å². The van der Waals surface area contributed by atoms with Crippen LogP contribution >= 0.6 is 12.3 Å². The number of amides is 2.